The van der Waals surface area contributed by atoms with Crippen LogP contribution < -0.4 is 5.32 Å². The first-order valence-electron chi connectivity index (χ1n) is 7.50. The molecule has 0 aliphatic heterocycles. The fourth-order valence-corrected chi connectivity index (χ4v) is 2.71. The number of nitrogens with one attached hydrogen (secondary N) is 2. The number of amides is 1. The van der Waals surface area contributed by atoms with Crippen LogP contribution in [0, 0.1) is 5.92 Å². The summed E-state index contributed by atoms with van der Waals surface area (Å²) in [6.45, 7) is 4.20. The molecular formula is C15H25N3O. The summed E-state index contributed by atoms with van der Waals surface area (Å²) in [6, 6.07) is 1.92. The molecule has 1 heterocycles. The predicted molar refractivity (Wildman–Crippen MR) is 77.1 cm³/mol. The van der Waals surface area contributed by atoms with Gasteiger partial charge >= 0.3 is 0 Å². The molecule has 1 amide bonds. The Morgan fingerprint density at radius 2 is 2.16 bits per heavy atom. The maximum Gasteiger partial charge on any atom is 0.225 e. The molecule has 19 heavy (non-hydrogen) atoms. The van der Waals surface area contributed by atoms with Crippen LogP contribution >= 0.6 is 0 Å². The van der Waals surface area contributed by atoms with Crippen LogP contribution in [0.3, 0.4) is 0 Å². The first-order chi connectivity index (χ1) is 9.15. The first kappa shape index (κ1) is 14.1. The quantitative estimate of drug-likeness (QED) is 0.848. The second-order valence-electron chi connectivity index (χ2n) is 5.95. The van der Waals surface area contributed by atoms with Gasteiger partial charge < -0.3 is 5.32 Å². The molecule has 2 rings (SSSR count). The van der Waals surface area contributed by atoms with Gasteiger partial charge in [0.2, 0.25) is 5.91 Å². The van der Waals surface area contributed by atoms with E-state index in [-0.39, 0.29) is 5.91 Å². The molecule has 0 bridgehead atoms. The second-order valence-corrected chi connectivity index (χ2v) is 5.95. The molecule has 106 valence electrons. The highest BCUT2D eigenvalue weighted by atomic mass is 16.1. The Morgan fingerprint density at radius 3 is 2.79 bits per heavy atom. The van der Waals surface area contributed by atoms with Crippen LogP contribution in [0.25, 0.3) is 0 Å². The van der Waals surface area contributed by atoms with E-state index in [0.29, 0.717) is 18.2 Å². The minimum absolute atomic E-state index is 0.0902. The molecule has 1 saturated carbocycles. The number of rotatable bonds is 5. The van der Waals surface area contributed by atoms with Gasteiger partial charge in [-0.25, -0.2) is 0 Å². The molecular weight excluding hydrogens is 238 g/mol. The number of nitrogens with zero attached hydrogens (tertiary/aromatic N) is 1. The zero-order valence-electron chi connectivity index (χ0n) is 12.0. The van der Waals surface area contributed by atoms with E-state index in [4.69, 9.17) is 0 Å². The molecule has 0 saturated heterocycles. The third-order valence-corrected chi connectivity index (χ3v) is 3.99. The van der Waals surface area contributed by atoms with Crippen molar-refractivity contribution in [2.45, 2.75) is 64.7 Å². The largest absolute Gasteiger partial charge is 0.309 e. The Kier molecular flexibility index (Phi) is 5.00. The lowest BCUT2D eigenvalue weighted by Gasteiger charge is -2.20. The van der Waals surface area contributed by atoms with Gasteiger partial charge in [-0.3, -0.25) is 9.89 Å². The Labute approximate surface area is 115 Å². The summed E-state index contributed by atoms with van der Waals surface area (Å²) in [4.78, 5) is 11.9. The van der Waals surface area contributed by atoms with Crippen LogP contribution in [0.1, 0.15) is 70.4 Å². The molecule has 1 aliphatic carbocycles. The molecule has 2 N–H and O–H groups in total. The highest BCUT2D eigenvalue weighted by Gasteiger charge is 2.15. The van der Waals surface area contributed by atoms with Gasteiger partial charge in [-0.15, -0.1) is 0 Å². The summed E-state index contributed by atoms with van der Waals surface area (Å²) in [5.74, 6) is 1.90. The van der Waals surface area contributed by atoms with Gasteiger partial charge in [-0.05, 0) is 18.3 Å². The van der Waals surface area contributed by atoms with Crippen LogP contribution in [0.15, 0.2) is 6.07 Å². The van der Waals surface area contributed by atoms with Crippen molar-refractivity contribution in [3.8, 4) is 0 Å². The normalized spacial score (nSPS) is 16.8. The smallest absolute Gasteiger partial charge is 0.225 e. The van der Waals surface area contributed by atoms with Gasteiger partial charge in [0.1, 0.15) is 0 Å². The number of carbonyl (C=O) groups is 1. The Morgan fingerprint density at radius 1 is 1.42 bits per heavy atom. The summed E-state index contributed by atoms with van der Waals surface area (Å²) in [6.07, 6.45) is 8.28. The van der Waals surface area contributed by atoms with Crippen molar-refractivity contribution in [1.29, 1.82) is 0 Å². The molecule has 4 heteroatoms. The van der Waals surface area contributed by atoms with Gasteiger partial charge in [0, 0.05) is 18.2 Å². The van der Waals surface area contributed by atoms with Crippen LogP contribution in [0.2, 0.25) is 0 Å². The summed E-state index contributed by atoms with van der Waals surface area (Å²) >= 11 is 0. The fourth-order valence-electron chi connectivity index (χ4n) is 2.71. The topological polar surface area (TPSA) is 57.8 Å². The summed E-state index contributed by atoms with van der Waals surface area (Å²) in [7, 11) is 0. The average molecular weight is 263 g/mol. The number of hydrogen-bond donors (Lipinski definition) is 2. The Bertz CT molecular complexity index is 405. The first-order valence-corrected chi connectivity index (χ1v) is 7.50. The predicted octanol–water partition coefficient (Wildman–Crippen LogP) is 3.83. The lowest BCUT2D eigenvalue weighted by Crippen LogP contribution is -2.15. The van der Waals surface area contributed by atoms with Crippen molar-refractivity contribution in [3.63, 3.8) is 0 Å². The monoisotopic (exact) mass is 263 g/mol. The van der Waals surface area contributed by atoms with Crippen molar-refractivity contribution < 1.29 is 4.79 Å². The number of anilines is 1. The molecule has 1 fully saturated rings. The molecule has 0 aromatic carbocycles. The molecule has 0 unspecified atom stereocenters. The van der Waals surface area contributed by atoms with E-state index in [2.05, 4.69) is 29.4 Å². The van der Waals surface area contributed by atoms with Crippen LogP contribution in [0.5, 0.6) is 0 Å². The molecule has 1 aliphatic rings. The van der Waals surface area contributed by atoms with E-state index in [9.17, 15) is 4.79 Å². The second kappa shape index (κ2) is 6.73. The van der Waals surface area contributed by atoms with E-state index in [0.717, 1.165) is 18.0 Å². The molecule has 0 radical (unpaired) electrons. The summed E-state index contributed by atoms with van der Waals surface area (Å²) < 4.78 is 0. The number of hydrogen-bond acceptors (Lipinski definition) is 2. The Balaban J connectivity index is 1.73. The van der Waals surface area contributed by atoms with Crippen molar-refractivity contribution in [2.75, 3.05) is 5.32 Å². The summed E-state index contributed by atoms with van der Waals surface area (Å²) in [5.41, 5.74) is 1.06. The SMILES string of the molecule is CC(C)c1cc(NC(=O)CCC2CCCCC2)n[nH]1. The lowest BCUT2D eigenvalue weighted by atomic mass is 9.86. The minimum atomic E-state index is 0.0902. The van der Waals surface area contributed by atoms with E-state index in [1.807, 2.05) is 6.07 Å². The highest BCUT2D eigenvalue weighted by Crippen LogP contribution is 2.27. The summed E-state index contributed by atoms with van der Waals surface area (Å²) in [5, 5.41) is 9.94. The van der Waals surface area contributed by atoms with Gasteiger partial charge in [0.25, 0.3) is 0 Å². The molecule has 1 aromatic heterocycles. The zero-order valence-corrected chi connectivity index (χ0v) is 12.0. The van der Waals surface area contributed by atoms with Crippen molar-refractivity contribution in [2.24, 2.45) is 5.92 Å². The van der Waals surface area contributed by atoms with Crippen LogP contribution in [-0.4, -0.2) is 16.1 Å². The van der Waals surface area contributed by atoms with E-state index in [1.54, 1.807) is 0 Å². The van der Waals surface area contributed by atoms with Crippen molar-refractivity contribution in [1.82, 2.24) is 10.2 Å². The number of aromatic nitrogens is 2. The van der Waals surface area contributed by atoms with Crippen molar-refractivity contribution >= 4 is 11.7 Å². The van der Waals surface area contributed by atoms with E-state index < -0.39 is 0 Å². The van der Waals surface area contributed by atoms with Gasteiger partial charge in [0.05, 0.1) is 0 Å². The maximum absolute atomic E-state index is 11.9. The van der Waals surface area contributed by atoms with Crippen LogP contribution in [-0.2, 0) is 4.79 Å². The number of carbonyl (C=O) groups excluding carboxylic acids is 1. The number of aromatic amines is 1. The van der Waals surface area contributed by atoms with E-state index in [1.165, 1.54) is 32.1 Å². The third-order valence-electron chi connectivity index (χ3n) is 3.99. The van der Waals surface area contributed by atoms with E-state index >= 15 is 0 Å². The van der Waals surface area contributed by atoms with Crippen molar-refractivity contribution in [3.05, 3.63) is 11.8 Å². The highest BCUT2D eigenvalue weighted by molar-refractivity contribution is 5.89. The molecule has 4 nitrogen and oxygen atoms in total. The molecule has 0 spiro atoms. The van der Waals surface area contributed by atoms with Gasteiger partial charge in [0.15, 0.2) is 5.82 Å². The average Bonchev–Trinajstić information content (AvgIpc) is 2.86. The van der Waals surface area contributed by atoms with Crippen LogP contribution in [0.4, 0.5) is 5.82 Å². The number of H-pyrrole nitrogens is 1. The fraction of sp³-hybridized carbons (Fsp3) is 0.733. The third kappa shape index (κ3) is 4.37. The lowest BCUT2D eigenvalue weighted by molar-refractivity contribution is -0.116. The standard InChI is InChI=1S/C15H25N3O/c1-11(2)13-10-14(18-17-13)16-15(19)9-8-12-6-4-3-5-7-12/h10-12H,3-9H2,1-2H3,(H2,16,17,18,19). The Hall–Kier alpha value is -1.32. The minimum Gasteiger partial charge on any atom is -0.309 e. The zero-order chi connectivity index (χ0) is 13.7. The van der Waals surface area contributed by atoms with Gasteiger partial charge in [-0.2, -0.15) is 5.10 Å². The molecule has 1 aromatic rings. The van der Waals surface area contributed by atoms with Gasteiger partial charge in [-0.1, -0.05) is 46.0 Å². The maximum atomic E-state index is 11.9. The molecule has 0 atom stereocenters.